The molecule has 1 N–H and O–H groups in total. The molecule has 0 aromatic heterocycles. The normalized spacial score (nSPS) is 13.3. The lowest BCUT2D eigenvalue weighted by Crippen LogP contribution is -2.27. The second-order valence-corrected chi connectivity index (χ2v) is 13.6. The SMILES string of the molecule is CCCCCCCCCN(CCCCCCCCC)CCCCCCCCOP(=O)(O)OCCCCCCCC. The molecule has 40 heavy (non-hydrogen) atoms. The zero-order valence-electron chi connectivity index (χ0n) is 27.5. The highest BCUT2D eigenvalue weighted by molar-refractivity contribution is 7.47. The van der Waals surface area contributed by atoms with Gasteiger partial charge in [0.25, 0.3) is 0 Å². The highest BCUT2D eigenvalue weighted by atomic mass is 31.2. The van der Waals surface area contributed by atoms with E-state index in [9.17, 15) is 9.46 Å². The molecule has 0 amide bonds. The summed E-state index contributed by atoms with van der Waals surface area (Å²) in [5.41, 5.74) is 0. The molecule has 0 saturated heterocycles. The van der Waals surface area contributed by atoms with Crippen LogP contribution in [-0.4, -0.2) is 42.6 Å². The first-order valence-electron chi connectivity index (χ1n) is 17.9. The minimum atomic E-state index is -3.88. The molecule has 0 rings (SSSR count). The quantitative estimate of drug-likeness (QED) is 0.0597. The van der Waals surface area contributed by atoms with Crippen molar-refractivity contribution in [2.75, 3.05) is 32.8 Å². The van der Waals surface area contributed by atoms with Crippen molar-refractivity contribution in [2.45, 2.75) is 188 Å². The highest BCUT2D eigenvalue weighted by Crippen LogP contribution is 2.43. The van der Waals surface area contributed by atoms with E-state index in [1.807, 2.05) is 0 Å². The van der Waals surface area contributed by atoms with Crippen molar-refractivity contribution in [2.24, 2.45) is 0 Å². The number of rotatable bonds is 34. The number of unbranched alkanes of at least 4 members (excludes halogenated alkanes) is 22. The van der Waals surface area contributed by atoms with Crippen molar-refractivity contribution >= 4 is 7.82 Å². The van der Waals surface area contributed by atoms with E-state index in [1.54, 1.807) is 0 Å². The van der Waals surface area contributed by atoms with Gasteiger partial charge in [0.2, 0.25) is 0 Å². The summed E-state index contributed by atoms with van der Waals surface area (Å²) in [5, 5.41) is 0. The number of phosphoric acid groups is 1. The van der Waals surface area contributed by atoms with Gasteiger partial charge in [0.15, 0.2) is 0 Å². The van der Waals surface area contributed by atoms with Gasteiger partial charge in [-0.25, -0.2) is 4.57 Å². The monoisotopic (exact) mass is 590 g/mol. The van der Waals surface area contributed by atoms with Crippen LogP contribution in [0.1, 0.15) is 188 Å². The highest BCUT2D eigenvalue weighted by Gasteiger charge is 2.19. The Hall–Kier alpha value is 0.0700. The van der Waals surface area contributed by atoms with Crippen molar-refractivity contribution in [3.63, 3.8) is 0 Å². The molecule has 0 heterocycles. The van der Waals surface area contributed by atoms with Crippen molar-refractivity contribution in [1.29, 1.82) is 0 Å². The second-order valence-electron chi connectivity index (χ2n) is 12.1. The fraction of sp³-hybridized carbons (Fsp3) is 1.00. The van der Waals surface area contributed by atoms with Crippen LogP contribution in [0.4, 0.5) is 0 Å². The zero-order valence-corrected chi connectivity index (χ0v) is 28.4. The van der Waals surface area contributed by atoms with E-state index in [-0.39, 0.29) is 0 Å². The molecule has 0 aliphatic carbocycles. The van der Waals surface area contributed by atoms with Gasteiger partial charge in [-0.05, 0) is 51.7 Å². The molecule has 6 heteroatoms. The Balaban J connectivity index is 3.87. The number of hydrogen-bond acceptors (Lipinski definition) is 4. The van der Waals surface area contributed by atoms with Crippen molar-refractivity contribution in [1.82, 2.24) is 4.90 Å². The lowest BCUT2D eigenvalue weighted by molar-refractivity contribution is 0.145. The third kappa shape index (κ3) is 31.0. The van der Waals surface area contributed by atoms with E-state index >= 15 is 0 Å². The molecule has 1 unspecified atom stereocenters. The van der Waals surface area contributed by atoms with E-state index < -0.39 is 7.82 Å². The van der Waals surface area contributed by atoms with Gasteiger partial charge < -0.3 is 9.79 Å². The first-order valence-corrected chi connectivity index (χ1v) is 19.4. The summed E-state index contributed by atoms with van der Waals surface area (Å²) in [5.74, 6) is 0. The van der Waals surface area contributed by atoms with Crippen molar-refractivity contribution in [3.05, 3.63) is 0 Å². The maximum atomic E-state index is 12.0. The molecule has 242 valence electrons. The van der Waals surface area contributed by atoms with E-state index in [0.29, 0.717) is 13.2 Å². The molecule has 0 spiro atoms. The predicted octanol–water partition coefficient (Wildman–Crippen LogP) is 11.6. The first kappa shape index (κ1) is 40.1. The van der Waals surface area contributed by atoms with E-state index in [2.05, 4.69) is 25.7 Å². The Morgan fingerprint density at radius 2 is 0.675 bits per heavy atom. The summed E-state index contributed by atoms with van der Waals surface area (Å²) in [4.78, 5) is 12.6. The Kier molecular flexibility index (Phi) is 32.0. The van der Waals surface area contributed by atoms with Crippen molar-refractivity contribution < 1.29 is 18.5 Å². The first-order chi connectivity index (χ1) is 19.6. The van der Waals surface area contributed by atoms with Gasteiger partial charge in [-0.15, -0.1) is 0 Å². The molecule has 0 saturated carbocycles. The summed E-state index contributed by atoms with van der Waals surface area (Å²) in [6, 6.07) is 0. The van der Waals surface area contributed by atoms with Crippen LogP contribution >= 0.6 is 7.82 Å². The van der Waals surface area contributed by atoms with E-state index in [1.165, 1.54) is 161 Å². The lowest BCUT2D eigenvalue weighted by Gasteiger charge is -2.22. The Labute approximate surface area is 251 Å². The maximum Gasteiger partial charge on any atom is 0.472 e. The number of nitrogens with zero attached hydrogens (tertiary/aromatic N) is 1. The molecule has 1 atom stereocenters. The third-order valence-corrected chi connectivity index (χ3v) is 9.05. The summed E-state index contributed by atoms with van der Waals surface area (Å²) >= 11 is 0. The lowest BCUT2D eigenvalue weighted by atomic mass is 10.1. The topological polar surface area (TPSA) is 59.0 Å². The molecule has 0 aliphatic heterocycles. The van der Waals surface area contributed by atoms with Crippen LogP contribution in [0, 0.1) is 0 Å². The minimum absolute atomic E-state index is 0.314. The Bertz CT molecular complexity index is 516. The molecular formula is C34H72NO4P. The third-order valence-electron chi connectivity index (χ3n) is 8.03. The number of phosphoric ester groups is 1. The van der Waals surface area contributed by atoms with E-state index in [0.717, 1.165) is 25.7 Å². The molecule has 0 fully saturated rings. The summed E-state index contributed by atoms with van der Waals surface area (Å²) in [6.07, 6.45) is 33.1. The van der Waals surface area contributed by atoms with Crippen molar-refractivity contribution in [3.8, 4) is 0 Å². The average Bonchev–Trinajstić information content (AvgIpc) is 2.94. The van der Waals surface area contributed by atoms with Gasteiger partial charge >= 0.3 is 7.82 Å². The molecule has 0 aliphatic rings. The molecule has 5 nitrogen and oxygen atoms in total. The van der Waals surface area contributed by atoms with Gasteiger partial charge in [-0.2, -0.15) is 0 Å². The summed E-state index contributed by atoms with van der Waals surface area (Å²) < 4.78 is 22.3. The van der Waals surface area contributed by atoms with Gasteiger partial charge in [0.05, 0.1) is 13.2 Å². The van der Waals surface area contributed by atoms with Crippen LogP contribution in [-0.2, 0) is 13.6 Å². The molecule has 0 radical (unpaired) electrons. The van der Waals surface area contributed by atoms with Gasteiger partial charge in [-0.1, -0.05) is 156 Å². The fourth-order valence-corrected chi connectivity index (χ4v) is 6.14. The van der Waals surface area contributed by atoms with Crippen LogP contribution in [0.15, 0.2) is 0 Å². The smallest absolute Gasteiger partial charge is 0.303 e. The summed E-state index contributed by atoms with van der Waals surface area (Å²) in [7, 11) is -3.88. The largest absolute Gasteiger partial charge is 0.472 e. The predicted molar refractivity (Wildman–Crippen MR) is 175 cm³/mol. The van der Waals surface area contributed by atoms with Gasteiger partial charge in [0, 0.05) is 0 Å². The Morgan fingerprint density at radius 3 is 0.975 bits per heavy atom. The average molecular weight is 590 g/mol. The Morgan fingerprint density at radius 1 is 0.425 bits per heavy atom. The molecule has 0 aromatic carbocycles. The maximum absolute atomic E-state index is 12.0. The van der Waals surface area contributed by atoms with Crippen LogP contribution in [0.3, 0.4) is 0 Å². The molecular weight excluding hydrogens is 517 g/mol. The minimum Gasteiger partial charge on any atom is -0.303 e. The van der Waals surface area contributed by atoms with Crippen LogP contribution in [0.2, 0.25) is 0 Å². The zero-order chi connectivity index (χ0) is 29.4. The van der Waals surface area contributed by atoms with Crippen LogP contribution in [0.25, 0.3) is 0 Å². The molecule has 0 bridgehead atoms. The van der Waals surface area contributed by atoms with Crippen LogP contribution < -0.4 is 0 Å². The fourth-order valence-electron chi connectivity index (χ4n) is 5.34. The van der Waals surface area contributed by atoms with Gasteiger partial charge in [0.1, 0.15) is 0 Å². The van der Waals surface area contributed by atoms with E-state index in [4.69, 9.17) is 9.05 Å². The molecule has 0 aromatic rings. The van der Waals surface area contributed by atoms with Crippen LogP contribution in [0.5, 0.6) is 0 Å². The van der Waals surface area contributed by atoms with Gasteiger partial charge in [-0.3, -0.25) is 9.05 Å². The number of hydrogen-bond donors (Lipinski definition) is 1. The standard InChI is InChI=1S/C34H72NO4P/c1-4-7-10-13-16-20-25-30-35(31-26-21-17-14-11-8-5-2)32-27-22-18-19-24-29-34-39-40(36,37)38-33-28-23-15-12-9-6-3/h4-34H2,1-3H3,(H,36,37). The second kappa shape index (κ2) is 32.0. The summed E-state index contributed by atoms with van der Waals surface area (Å²) in [6.45, 7) is 11.2.